The summed E-state index contributed by atoms with van der Waals surface area (Å²) in [5, 5.41) is 4.21. The fourth-order valence-electron chi connectivity index (χ4n) is 3.44. The van der Waals surface area contributed by atoms with E-state index in [-0.39, 0.29) is 5.92 Å². The zero-order chi connectivity index (χ0) is 15.8. The molecular formula is C17H21N5O. The molecule has 6 nitrogen and oxygen atoms in total. The molecule has 2 atom stereocenters. The number of hydrogen-bond donors (Lipinski definition) is 0. The van der Waals surface area contributed by atoms with Crippen molar-refractivity contribution in [3.05, 3.63) is 42.5 Å². The highest BCUT2D eigenvalue weighted by Gasteiger charge is 2.46. The number of carbonyl (C=O) groups excluding carboxylic acids is 1. The van der Waals surface area contributed by atoms with Crippen LogP contribution in [0.1, 0.15) is 17.9 Å². The van der Waals surface area contributed by atoms with Gasteiger partial charge in [0, 0.05) is 63.4 Å². The standard InChI is InChI=1S/C17H21N5O/c1-20-12-13(11-19-20)15-10-16(15)17(23)22-8-6-21(7-9-22)14-2-4-18-5-3-14/h2-5,11-12,15-16H,6-10H2,1H3/t15-,16+/m0/s1. The van der Waals surface area contributed by atoms with Crippen molar-refractivity contribution in [2.24, 2.45) is 13.0 Å². The Morgan fingerprint density at radius 2 is 1.91 bits per heavy atom. The van der Waals surface area contributed by atoms with Gasteiger partial charge in [0.2, 0.25) is 5.91 Å². The third-order valence-corrected chi connectivity index (χ3v) is 4.88. The highest BCUT2D eigenvalue weighted by atomic mass is 16.2. The van der Waals surface area contributed by atoms with Gasteiger partial charge in [0.15, 0.2) is 0 Å². The van der Waals surface area contributed by atoms with Gasteiger partial charge < -0.3 is 9.80 Å². The fourth-order valence-corrected chi connectivity index (χ4v) is 3.44. The second kappa shape index (κ2) is 5.68. The van der Waals surface area contributed by atoms with Crippen molar-refractivity contribution < 1.29 is 4.79 Å². The zero-order valence-corrected chi connectivity index (χ0v) is 13.3. The van der Waals surface area contributed by atoms with E-state index in [4.69, 9.17) is 0 Å². The van der Waals surface area contributed by atoms with Gasteiger partial charge in [-0.2, -0.15) is 5.10 Å². The predicted octanol–water partition coefficient (Wildman–Crippen LogP) is 1.27. The molecule has 0 aromatic carbocycles. The van der Waals surface area contributed by atoms with Crippen molar-refractivity contribution in [3.63, 3.8) is 0 Å². The van der Waals surface area contributed by atoms with Crippen LogP contribution in [0.25, 0.3) is 0 Å². The summed E-state index contributed by atoms with van der Waals surface area (Å²) in [5.41, 5.74) is 2.38. The van der Waals surface area contributed by atoms with Crippen LogP contribution in [0, 0.1) is 5.92 Å². The van der Waals surface area contributed by atoms with Crippen LogP contribution in [0.5, 0.6) is 0 Å². The third kappa shape index (κ3) is 2.81. The maximum atomic E-state index is 12.7. The number of hydrogen-bond acceptors (Lipinski definition) is 4. The molecule has 2 aromatic heterocycles. The van der Waals surface area contributed by atoms with Crippen LogP contribution in [0.3, 0.4) is 0 Å². The summed E-state index contributed by atoms with van der Waals surface area (Å²) in [5.74, 6) is 0.842. The summed E-state index contributed by atoms with van der Waals surface area (Å²) in [7, 11) is 1.92. The van der Waals surface area contributed by atoms with Gasteiger partial charge in [-0.3, -0.25) is 14.5 Å². The van der Waals surface area contributed by atoms with Gasteiger partial charge in [-0.1, -0.05) is 0 Å². The molecule has 0 spiro atoms. The van der Waals surface area contributed by atoms with E-state index in [1.807, 2.05) is 53.5 Å². The Bertz CT molecular complexity index is 690. The fraction of sp³-hybridized carbons (Fsp3) is 0.471. The van der Waals surface area contributed by atoms with Gasteiger partial charge in [0.25, 0.3) is 0 Å². The van der Waals surface area contributed by atoms with Crippen LogP contribution in [-0.2, 0) is 11.8 Å². The molecule has 1 aliphatic heterocycles. The molecule has 23 heavy (non-hydrogen) atoms. The van der Waals surface area contributed by atoms with Crippen molar-refractivity contribution in [2.75, 3.05) is 31.1 Å². The quantitative estimate of drug-likeness (QED) is 0.856. The summed E-state index contributed by atoms with van der Waals surface area (Å²) >= 11 is 0. The molecule has 120 valence electrons. The van der Waals surface area contributed by atoms with Crippen LogP contribution in [0.15, 0.2) is 36.9 Å². The Morgan fingerprint density at radius 3 is 2.57 bits per heavy atom. The van der Waals surface area contributed by atoms with Crippen LogP contribution >= 0.6 is 0 Å². The summed E-state index contributed by atoms with van der Waals surface area (Å²) in [6, 6.07) is 4.05. The number of pyridine rings is 1. The molecule has 1 aliphatic carbocycles. The lowest BCUT2D eigenvalue weighted by Gasteiger charge is -2.36. The molecular weight excluding hydrogens is 290 g/mol. The maximum Gasteiger partial charge on any atom is 0.226 e. The minimum Gasteiger partial charge on any atom is -0.368 e. The largest absolute Gasteiger partial charge is 0.368 e. The molecule has 1 saturated heterocycles. The van der Waals surface area contributed by atoms with Crippen LogP contribution in [0.2, 0.25) is 0 Å². The first-order valence-corrected chi connectivity index (χ1v) is 8.14. The van der Waals surface area contributed by atoms with E-state index in [2.05, 4.69) is 15.0 Å². The monoisotopic (exact) mass is 311 g/mol. The van der Waals surface area contributed by atoms with E-state index < -0.39 is 0 Å². The molecule has 2 fully saturated rings. The molecule has 0 unspecified atom stereocenters. The van der Waals surface area contributed by atoms with Gasteiger partial charge in [0.05, 0.1) is 6.20 Å². The van der Waals surface area contributed by atoms with Crippen molar-refractivity contribution in [3.8, 4) is 0 Å². The number of anilines is 1. The average Bonchev–Trinajstić information content (AvgIpc) is 3.29. The molecule has 3 heterocycles. The predicted molar refractivity (Wildman–Crippen MR) is 87.1 cm³/mol. The van der Waals surface area contributed by atoms with Gasteiger partial charge in [-0.25, -0.2) is 0 Å². The van der Waals surface area contributed by atoms with Crippen LogP contribution < -0.4 is 4.90 Å². The number of carbonyl (C=O) groups is 1. The average molecular weight is 311 g/mol. The lowest BCUT2D eigenvalue weighted by molar-refractivity contribution is -0.132. The topological polar surface area (TPSA) is 54.3 Å². The second-order valence-corrected chi connectivity index (χ2v) is 6.41. The van der Waals surface area contributed by atoms with Gasteiger partial charge in [-0.05, 0) is 30.0 Å². The van der Waals surface area contributed by atoms with Crippen molar-refractivity contribution in [1.82, 2.24) is 19.7 Å². The molecule has 1 amide bonds. The Kier molecular flexibility index (Phi) is 3.52. The van der Waals surface area contributed by atoms with E-state index in [1.165, 1.54) is 11.3 Å². The Hall–Kier alpha value is -2.37. The molecule has 2 aromatic rings. The normalized spacial score (nSPS) is 23.9. The summed E-state index contributed by atoms with van der Waals surface area (Å²) in [6.07, 6.45) is 8.51. The van der Waals surface area contributed by atoms with Crippen LogP contribution in [-0.4, -0.2) is 51.8 Å². The Morgan fingerprint density at radius 1 is 1.17 bits per heavy atom. The minimum absolute atomic E-state index is 0.159. The lowest BCUT2D eigenvalue weighted by Crippen LogP contribution is -2.49. The summed E-state index contributed by atoms with van der Waals surface area (Å²) in [4.78, 5) is 21.1. The molecule has 0 N–H and O–H groups in total. The van der Waals surface area contributed by atoms with E-state index in [0.29, 0.717) is 11.8 Å². The van der Waals surface area contributed by atoms with Gasteiger partial charge in [-0.15, -0.1) is 0 Å². The zero-order valence-electron chi connectivity index (χ0n) is 13.3. The van der Waals surface area contributed by atoms with E-state index >= 15 is 0 Å². The minimum atomic E-state index is 0.159. The van der Waals surface area contributed by atoms with Crippen molar-refractivity contribution >= 4 is 11.6 Å². The molecule has 2 aliphatic rings. The number of piperazine rings is 1. The SMILES string of the molecule is Cn1cc([C@@H]2C[C@H]2C(=O)N2CCN(c3ccncc3)CC2)cn1. The number of amides is 1. The molecule has 0 bridgehead atoms. The summed E-state index contributed by atoms with van der Waals surface area (Å²) < 4.78 is 1.81. The van der Waals surface area contributed by atoms with Crippen molar-refractivity contribution in [2.45, 2.75) is 12.3 Å². The van der Waals surface area contributed by atoms with Gasteiger partial charge in [0.1, 0.15) is 0 Å². The third-order valence-electron chi connectivity index (χ3n) is 4.88. The highest BCUT2D eigenvalue weighted by Crippen LogP contribution is 2.48. The van der Waals surface area contributed by atoms with Crippen LogP contribution in [0.4, 0.5) is 5.69 Å². The maximum absolute atomic E-state index is 12.7. The lowest BCUT2D eigenvalue weighted by atomic mass is 10.1. The molecule has 0 radical (unpaired) electrons. The Labute approximate surface area is 135 Å². The molecule has 4 rings (SSSR count). The first-order valence-electron chi connectivity index (χ1n) is 8.14. The highest BCUT2D eigenvalue weighted by molar-refractivity contribution is 5.83. The van der Waals surface area contributed by atoms with Crippen molar-refractivity contribution in [1.29, 1.82) is 0 Å². The van der Waals surface area contributed by atoms with E-state index in [9.17, 15) is 4.79 Å². The molecule has 1 saturated carbocycles. The number of rotatable bonds is 3. The first kappa shape index (κ1) is 14.2. The van der Waals surface area contributed by atoms with E-state index in [0.717, 1.165) is 32.6 Å². The smallest absolute Gasteiger partial charge is 0.226 e. The summed E-state index contributed by atoms with van der Waals surface area (Å²) in [6.45, 7) is 3.38. The first-order chi connectivity index (χ1) is 11.2. The van der Waals surface area contributed by atoms with E-state index in [1.54, 1.807) is 0 Å². The Balaban J connectivity index is 1.33. The second-order valence-electron chi connectivity index (χ2n) is 6.41. The number of aryl methyl sites for hydroxylation is 1. The van der Waals surface area contributed by atoms with Gasteiger partial charge >= 0.3 is 0 Å². The number of aromatic nitrogens is 3. The molecule has 6 heteroatoms. The number of nitrogens with zero attached hydrogens (tertiary/aromatic N) is 5.